The third-order valence-corrected chi connectivity index (χ3v) is 0.943. The van der Waals surface area contributed by atoms with Gasteiger partial charge in [-0.2, -0.15) is 5.26 Å². The van der Waals surface area contributed by atoms with Crippen LogP contribution in [0, 0.1) is 11.3 Å². The zero-order valence-corrected chi connectivity index (χ0v) is 5.76. The minimum absolute atomic E-state index is 0.0649. The number of rotatable bonds is 4. The van der Waals surface area contributed by atoms with Gasteiger partial charge in [-0.05, 0) is 13.0 Å². The molecule has 0 spiro atoms. The number of nitrogens with zero attached hydrogens (tertiary/aromatic N) is 1. The van der Waals surface area contributed by atoms with Gasteiger partial charge in [0.25, 0.3) is 0 Å². The van der Waals surface area contributed by atoms with Gasteiger partial charge in [-0.15, -0.1) is 0 Å². The molecule has 4 nitrogen and oxygen atoms in total. The zero-order valence-electron chi connectivity index (χ0n) is 5.76. The largest absolute Gasteiger partial charge is 0.355 e. The standard InChI is InChI=1S/C6H11N3O/c7-3-1-5-9-6(10)2-4-8/h1-3,5,7H2,(H,9,10). The third kappa shape index (κ3) is 5.06. The molecule has 0 aromatic heterocycles. The van der Waals surface area contributed by atoms with Crippen molar-refractivity contribution in [3.8, 4) is 6.07 Å². The number of nitrogens with two attached hydrogens (primary N) is 1. The number of nitrogens with one attached hydrogen (secondary N) is 1. The molecule has 0 saturated heterocycles. The highest BCUT2D eigenvalue weighted by Crippen LogP contribution is 1.75. The summed E-state index contributed by atoms with van der Waals surface area (Å²) in [6.07, 6.45) is 0.696. The molecule has 0 atom stereocenters. The molecule has 0 rings (SSSR count). The van der Waals surface area contributed by atoms with E-state index in [9.17, 15) is 4.79 Å². The Hall–Kier alpha value is -1.08. The van der Waals surface area contributed by atoms with Crippen LogP contribution in [0.4, 0.5) is 0 Å². The van der Waals surface area contributed by atoms with Gasteiger partial charge in [-0.3, -0.25) is 4.79 Å². The molecule has 0 aliphatic carbocycles. The molecule has 0 bridgehead atoms. The van der Waals surface area contributed by atoms with Crippen LogP contribution in [-0.4, -0.2) is 19.0 Å². The summed E-state index contributed by atoms with van der Waals surface area (Å²) in [7, 11) is 0. The lowest BCUT2D eigenvalue weighted by Gasteiger charge is -1.98. The Kier molecular flexibility index (Phi) is 5.39. The van der Waals surface area contributed by atoms with Crippen LogP contribution in [0.15, 0.2) is 0 Å². The van der Waals surface area contributed by atoms with E-state index in [-0.39, 0.29) is 12.3 Å². The number of carbonyl (C=O) groups excluding carboxylic acids is 1. The summed E-state index contributed by atoms with van der Waals surface area (Å²) in [6, 6.07) is 1.75. The van der Waals surface area contributed by atoms with Gasteiger partial charge >= 0.3 is 0 Å². The molecule has 0 unspecified atom stereocenters. The molecule has 0 aliphatic rings. The van der Waals surface area contributed by atoms with Crippen LogP contribution in [0.2, 0.25) is 0 Å². The van der Waals surface area contributed by atoms with Crippen molar-refractivity contribution in [3.05, 3.63) is 0 Å². The fourth-order valence-corrected chi connectivity index (χ4v) is 0.464. The SMILES string of the molecule is N#CCC(=O)NCCCN. The maximum absolute atomic E-state index is 10.5. The summed E-state index contributed by atoms with van der Waals surface area (Å²) in [5.41, 5.74) is 5.17. The van der Waals surface area contributed by atoms with Crippen LogP contribution in [0.25, 0.3) is 0 Å². The third-order valence-electron chi connectivity index (χ3n) is 0.943. The highest BCUT2D eigenvalue weighted by Gasteiger charge is 1.95. The Morgan fingerprint density at radius 2 is 2.40 bits per heavy atom. The van der Waals surface area contributed by atoms with E-state index in [1.807, 2.05) is 0 Å². The lowest BCUT2D eigenvalue weighted by molar-refractivity contribution is -0.120. The molecule has 0 heterocycles. The maximum atomic E-state index is 10.5. The van der Waals surface area contributed by atoms with Crippen molar-refractivity contribution in [3.63, 3.8) is 0 Å². The fraction of sp³-hybridized carbons (Fsp3) is 0.667. The van der Waals surface area contributed by atoms with Crippen LogP contribution in [0.5, 0.6) is 0 Å². The van der Waals surface area contributed by atoms with Crippen molar-refractivity contribution in [2.75, 3.05) is 13.1 Å². The lowest BCUT2D eigenvalue weighted by Crippen LogP contribution is -2.25. The van der Waals surface area contributed by atoms with Crippen LogP contribution < -0.4 is 11.1 Å². The second-order valence-corrected chi connectivity index (χ2v) is 1.83. The number of hydrogen-bond acceptors (Lipinski definition) is 3. The average Bonchev–Trinajstić information content (AvgIpc) is 1.89. The van der Waals surface area contributed by atoms with Crippen LogP contribution in [0.1, 0.15) is 12.8 Å². The molecule has 1 amide bonds. The lowest BCUT2D eigenvalue weighted by atomic mass is 10.4. The van der Waals surface area contributed by atoms with E-state index < -0.39 is 0 Å². The molecule has 56 valence electrons. The van der Waals surface area contributed by atoms with E-state index >= 15 is 0 Å². The van der Waals surface area contributed by atoms with Gasteiger partial charge in [0.2, 0.25) is 5.91 Å². The van der Waals surface area contributed by atoms with Gasteiger partial charge in [0, 0.05) is 6.54 Å². The molecule has 0 aromatic carbocycles. The summed E-state index contributed by atoms with van der Waals surface area (Å²) < 4.78 is 0. The van der Waals surface area contributed by atoms with Gasteiger partial charge in [0.15, 0.2) is 0 Å². The van der Waals surface area contributed by atoms with E-state index in [1.54, 1.807) is 6.07 Å². The zero-order chi connectivity index (χ0) is 7.82. The van der Waals surface area contributed by atoms with Gasteiger partial charge in [0.1, 0.15) is 6.42 Å². The molecular weight excluding hydrogens is 130 g/mol. The first kappa shape index (κ1) is 8.92. The second kappa shape index (κ2) is 6.05. The predicted molar refractivity (Wildman–Crippen MR) is 36.9 cm³/mol. The van der Waals surface area contributed by atoms with E-state index in [4.69, 9.17) is 11.0 Å². The summed E-state index contributed by atoms with van der Waals surface area (Å²) in [5, 5.41) is 10.6. The molecule has 0 aromatic rings. The molecule has 0 saturated carbocycles. The quantitative estimate of drug-likeness (QED) is 0.511. The minimum Gasteiger partial charge on any atom is -0.355 e. The molecule has 4 heteroatoms. The second-order valence-electron chi connectivity index (χ2n) is 1.83. The molecule has 0 aliphatic heterocycles. The Balaban J connectivity index is 3.15. The number of hydrogen-bond donors (Lipinski definition) is 2. The number of carbonyl (C=O) groups is 1. The minimum atomic E-state index is -0.226. The Morgan fingerprint density at radius 3 is 2.90 bits per heavy atom. The molecule has 0 fully saturated rings. The van der Waals surface area contributed by atoms with Gasteiger partial charge in [0.05, 0.1) is 6.07 Å². The maximum Gasteiger partial charge on any atom is 0.234 e. The van der Waals surface area contributed by atoms with Crippen LogP contribution >= 0.6 is 0 Å². The number of amides is 1. The first-order valence-electron chi connectivity index (χ1n) is 3.15. The Morgan fingerprint density at radius 1 is 1.70 bits per heavy atom. The first-order chi connectivity index (χ1) is 4.81. The Bertz CT molecular complexity index is 138. The predicted octanol–water partition coefficient (Wildman–Crippen LogP) is -0.635. The average molecular weight is 141 g/mol. The van der Waals surface area contributed by atoms with Crippen molar-refractivity contribution in [2.45, 2.75) is 12.8 Å². The highest BCUT2D eigenvalue weighted by atomic mass is 16.1. The molecule has 10 heavy (non-hydrogen) atoms. The van der Waals surface area contributed by atoms with Crippen molar-refractivity contribution in [2.24, 2.45) is 5.73 Å². The van der Waals surface area contributed by atoms with E-state index in [0.29, 0.717) is 13.1 Å². The topological polar surface area (TPSA) is 78.9 Å². The summed E-state index contributed by atoms with van der Waals surface area (Å²) in [6.45, 7) is 1.13. The smallest absolute Gasteiger partial charge is 0.234 e. The van der Waals surface area contributed by atoms with E-state index in [0.717, 1.165) is 6.42 Å². The van der Waals surface area contributed by atoms with Crippen molar-refractivity contribution in [1.29, 1.82) is 5.26 Å². The monoisotopic (exact) mass is 141 g/mol. The summed E-state index contributed by atoms with van der Waals surface area (Å²) in [5.74, 6) is -0.226. The van der Waals surface area contributed by atoms with Crippen molar-refractivity contribution < 1.29 is 4.79 Å². The first-order valence-corrected chi connectivity index (χ1v) is 3.15. The fourth-order valence-electron chi connectivity index (χ4n) is 0.464. The molecule has 0 radical (unpaired) electrons. The normalized spacial score (nSPS) is 8.40. The summed E-state index contributed by atoms with van der Waals surface area (Å²) >= 11 is 0. The van der Waals surface area contributed by atoms with Crippen LogP contribution in [0.3, 0.4) is 0 Å². The summed E-state index contributed by atoms with van der Waals surface area (Å²) in [4.78, 5) is 10.5. The number of nitriles is 1. The van der Waals surface area contributed by atoms with E-state index in [2.05, 4.69) is 5.32 Å². The van der Waals surface area contributed by atoms with Crippen molar-refractivity contribution in [1.82, 2.24) is 5.32 Å². The molecular formula is C6H11N3O. The van der Waals surface area contributed by atoms with Gasteiger partial charge in [-0.25, -0.2) is 0 Å². The Labute approximate surface area is 60.0 Å². The van der Waals surface area contributed by atoms with Crippen LogP contribution in [-0.2, 0) is 4.79 Å². The van der Waals surface area contributed by atoms with Gasteiger partial charge in [-0.1, -0.05) is 0 Å². The van der Waals surface area contributed by atoms with Gasteiger partial charge < -0.3 is 11.1 Å². The van der Waals surface area contributed by atoms with E-state index in [1.165, 1.54) is 0 Å². The molecule has 3 N–H and O–H groups in total. The van der Waals surface area contributed by atoms with Crippen molar-refractivity contribution >= 4 is 5.91 Å². The highest BCUT2D eigenvalue weighted by molar-refractivity contribution is 5.77.